The summed E-state index contributed by atoms with van der Waals surface area (Å²) in [4.78, 5) is 41.9. The predicted octanol–water partition coefficient (Wildman–Crippen LogP) is 3.28. The first-order chi connectivity index (χ1) is 18.8. The lowest BCUT2D eigenvalue weighted by Gasteiger charge is -2.42. The van der Waals surface area contributed by atoms with Gasteiger partial charge in [0.25, 0.3) is 11.8 Å². The smallest absolute Gasteiger partial charge is 0.278 e. The van der Waals surface area contributed by atoms with E-state index in [0.29, 0.717) is 6.07 Å². The third-order valence-corrected chi connectivity index (χ3v) is 6.75. The molecule has 11 heteroatoms. The van der Waals surface area contributed by atoms with Gasteiger partial charge in [0.1, 0.15) is 37.1 Å². The number of fused-ring (bicyclic) bond motifs is 4. The number of nitrogens with zero attached hydrogens (tertiary/aromatic N) is 3. The molecule has 202 valence electrons. The lowest BCUT2D eigenvalue weighted by atomic mass is 10.1. The summed E-state index contributed by atoms with van der Waals surface area (Å²) in [6.07, 6.45) is 4.51. The van der Waals surface area contributed by atoms with Gasteiger partial charge in [0.15, 0.2) is 11.4 Å². The van der Waals surface area contributed by atoms with Crippen LogP contribution in [0.1, 0.15) is 38.9 Å². The molecule has 2 aliphatic heterocycles. The minimum Gasteiger partial charge on any atom is -0.482 e. The molecule has 0 spiro atoms. The number of hydrogen-bond donors (Lipinski definition) is 1. The Morgan fingerprint density at radius 1 is 1.10 bits per heavy atom. The standard InChI is InChI=1S/C28H25F3N4O4/c1-17-7-10-21(12-29)35-16-33(17)28(38)24-26(39-15-18-5-3-2-4-6-18)25(36)22(14-34(24)35)27(37)32-13-19-8-9-20(30)11-23(19)31/h2-11,14,17,21H,12-13,15-16H2,1H3,(H,32,37)/t17-,21-/m0/s1. The van der Waals surface area contributed by atoms with Crippen molar-refractivity contribution in [1.82, 2.24) is 14.9 Å². The minimum atomic E-state index is -0.867. The molecule has 0 unspecified atom stereocenters. The van der Waals surface area contributed by atoms with Crippen LogP contribution in [0.5, 0.6) is 5.75 Å². The van der Waals surface area contributed by atoms with Gasteiger partial charge < -0.3 is 15.0 Å². The van der Waals surface area contributed by atoms with E-state index >= 15 is 0 Å². The highest BCUT2D eigenvalue weighted by Gasteiger charge is 2.40. The number of hydrogen-bond acceptors (Lipinski definition) is 5. The van der Waals surface area contributed by atoms with Gasteiger partial charge in [0.2, 0.25) is 5.43 Å². The molecule has 0 fully saturated rings. The highest BCUT2D eigenvalue weighted by atomic mass is 19.1. The number of pyridine rings is 1. The van der Waals surface area contributed by atoms with Crippen molar-refractivity contribution in [2.45, 2.75) is 32.2 Å². The maximum atomic E-state index is 14.1. The van der Waals surface area contributed by atoms with Crippen LogP contribution >= 0.6 is 0 Å². The van der Waals surface area contributed by atoms with Crippen LogP contribution in [0.25, 0.3) is 0 Å². The Morgan fingerprint density at radius 2 is 1.87 bits per heavy atom. The molecule has 2 atom stereocenters. The van der Waals surface area contributed by atoms with Gasteiger partial charge in [-0.25, -0.2) is 13.2 Å². The zero-order valence-electron chi connectivity index (χ0n) is 20.9. The number of alkyl halides is 1. The summed E-state index contributed by atoms with van der Waals surface area (Å²) in [5.74, 6) is -3.35. The van der Waals surface area contributed by atoms with Crippen LogP contribution in [0.3, 0.4) is 0 Å². The molecule has 0 radical (unpaired) electrons. The van der Waals surface area contributed by atoms with Gasteiger partial charge in [-0.2, -0.15) is 0 Å². The predicted molar refractivity (Wildman–Crippen MR) is 137 cm³/mol. The zero-order chi connectivity index (χ0) is 27.7. The maximum Gasteiger partial charge on any atom is 0.278 e. The highest BCUT2D eigenvalue weighted by Crippen LogP contribution is 2.28. The number of amides is 2. The summed E-state index contributed by atoms with van der Waals surface area (Å²) in [5, 5.41) is 3.99. The first-order valence-corrected chi connectivity index (χ1v) is 12.3. The van der Waals surface area contributed by atoms with Crippen LogP contribution < -0.4 is 20.5 Å². The molecule has 1 N–H and O–H groups in total. The van der Waals surface area contributed by atoms with Crippen molar-refractivity contribution in [3.05, 3.63) is 111 Å². The monoisotopic (exact) mass is 538 g/mol. The fourth-order valence-electron chi connectivity index (χ4n) is 4.56. The summed E-state index contributed by atoms with van der Waals surface area (Å²) in [6.45, 7) is 0.611. The van der Waals surface area contributed by atoms with Gasteiger partial charge in [-0.15, -0.1) is 0 Å². The van der Waals surface area contributed by atoms with E-state index in [1.54, 1.807) is 43.3 Å². The van der Waals surface area contributed by atoms with Crippen LogP contribution in [0.2, 0.25) is 0 Å². The second kappa shape index (κ2) is 10.7. The lowest BCUT2D eigenvalue weighted by molar-refractivity contribution is 0.0645. The van der Waals surface area contributed by atoms with Gasteiger partial charge in [0, 0.05) is 30.4 Å². The zero-order valence-corrected chi connectivity index (χ0v) is 20.9. The van der Waals surface area contributed by atoms with Crippen molar-refractivity contribution < 1.29 is 27.5 Å². The second-order valence-electron chi connectivity index (χ2n) is 9.29. The molecule has 0 saturated heterocycles. The number of rotatable bonds is 7. The number of nitrogens with one attached hydrogen (secondary N) is 1. The number of ether oxygens (including phenoxy) is 1. The van der Waals surface area contributed by atoms with E-state index < -0.39 is 41.6 Å². The fraction of sp³-hybridized carbons (Fsp3) is 0.250. The summed E-state index contributed by atoms with van der Waals surface area (Å²) in [5.41, 5.74) is -0.628. The number of halogens is 3. The van der Waals surface area contributed by atoms with E-state index in [0.717, 1.165) is 11.6 Å². The van der Waals surface area contributed by atoms with Crippen LogP contribution in [0.4, 0.5) is 13.2 Å². The van der Waals surface area contributed by atoms with Gasteiger partial charge in [0.05, 0.1) is 6.04 Å². The van der Waals surface area contributed by atoms with Crippen molar-refractivity contribution in [3.8, 4) is 5.75 Å². The molecule has 5 rings (SSSR count). The van der Waals surface area contributed by atoms with Crippen LogP contribution in [-0.2, 0) is 13.2 Å². The van der Waals surface area contributed by atoms with E-state index in [1.165, 1.54) is 26.8 Å². The van der Waals surface area contributed by atoms with Crippen LogP contribution in [0, 0.1) is 11.6 Å². The fourth-order valence-corrected chi connectivity index (χ4v) is 4.56. The van der Waals surface area contributed by atoms with Gasteiger partial charge in [-0.05, 0) is 18.6 Å². The third kappa shape index (κ3) is 4.99. The molecule has 0 saturated carbocycles. The average molecular weight is 539 g/mol. The van der Waals surface area contributed by atoms with E-state index in [1.807, 2.05) is 6.07 Å². The van der Waals surface area contributed by atoms with Crippen LogP contribution in [-0.4, -0.2) is 46.8 Å². The topological polar surface area (TPSA) is 83.9 Å². The summed E-state index contributed by atoms with van der Waals surface area (Å²) in [6, 6.07) is 10.7. The Bertz CT molecular complexity index is 1510. The van der Waals surface area contributed by atoms with E-state index in [4.69, 9.17) is 4.74 Å². The van der Waals surface area contributed by atoms with Crippen LogP contribution in [0.15, 0.2) is 71.7 Å². The summed E-state index contributed by atoms with van der Waals surface area (Å²) >= 11 is 0. The first kappa shape index (κ1) is 26.1. The Kier molecular flexibility index (Phi) is 7.14. The molecule has 3 heterocycles. The number of carbonyl (C=O) groups excluding carboxylic acids is 2. The lowest BCUT2D eigenvalue weighted by Crippen LogP contribution is -2.58. The quantitative estimate of drug-likeness (QED) is 0.467. The summed E-state index contributed by atoms with van der Waals surface area (Å²) in [7, 11) is 0. The minimum absolute atomic E-state index is 0.0113. The van der Waals surface area contributed by atoms with E-state index in [-0.39, 0.29) is 48.4 Å². The normalized spacial score (nSPS) is 18.0. The van der Waals surface area contributed by atoms with E-state index in [9.17, 15) is 27.6 Å². The van der Waals surface area contributed by atoms with Crippen molar-refractivity contribution in [3.63, 3.8) is 0 Å². The Labute approximate surface area is 221 Å². The average Bonchev–Trinajstić information content (AvgIpc) is 3.07. The molecule has 39 heavy (non-hydrogen) atoms. The first-order valence-electron chi connectivity index (χ1n) is 12.3. The van der Waals surface area contributed by atoms with E-state index in [2.05, 4.69) is 5.32 Å². The Balaban J connectivity index is 1.57. The van der Waals surface area contributed by atoms with Gasteiger partial charge in [-0.3, -0.25) is 24.1 Å². The molecule has 2 aromatic carbocycles. The Hall–Kier alpha value is -4.54. The summed E-state index contributed by atoms with van der Waals surface area (Å²) < 4.78 is 48.6. The molecule has 2 aliphatic rings. The second-order valence-corrected chi connectivity index (χ2v) is 9.29. The number of aromatic nitrogens is 1. The van der Waals surface area contributed by atoms with Crippen molar-refractivity contribution >= 4 is 11.8 Å². The molecular formula is C28H25F3N4O4. The Morgan fingerprint density at radius 3 is 2.59 bits per heavy atom. The maximum absolute atomic E-state index is 14.1. The van der Waals surface area contributed by atoms with Crippen molar-refractivity contribution in [2.75, 3.05) is 18.4 Å². The molecule has 0 aliphatic carbocycles. The van der Waals surface area contributed by atoms with Crippen molar-refractivity contribution in [1.29, 1.82) is 0 Å². The largest absolute Gasteiger partial charge is 0.482 e. The number of benzene rings is 2. The molecular weight excluding hydrogens is 513 g/mol. The molecule has 8 nitrogen and oxygen atoms in total. The van der Waals surface area contributed by atoms with Crippen molar-refractivity contribution in [2.24, 2.45) is 0 Å². The SMILES string of the molecule is C[C@H]1C=C[C@@H](CF)N2CN1C(=O)c1c(OCc3ccccc3)c(=O)c(C(=O)NCc3ccc(F)cc3F)cn12. The molecule has 3 aromatic rings. The van der Waals surface area contributed by atoms with Gasteiger partial charge in [-0.1, -0.05) is 48.6 Å². The third-order valence-electron chi connectivity index (χ3n) is 6.75. The highest BCUT2D eigenvalue weighted by molar-refractivity contribution is 5.99. The van der Waals surface area contributed by atoms with Gasteiger partial charge >= 0.3 is 0 Å². The molecule has 2 bridgehead atoms. The molecule has 1 aromatic heterocycles. The number of carbonyl (C=O) groups is 2. The molecule has 2 amide bonds.